The summed E-state index contributed by atoms with van der Waals surface area (Å²) in [6.45, 7) is 6.08. The van der Waals surface area contributed by atoms with Gasteiger partial charge in [0.15, 0.2) is 17.3 Å². The van der Waals surface area contributed by atoms with E-state index in [1.54, 1.807) is 18.2 Å². The highest BCUT2D eigenvalue weighted by Crippen LogP contribution is 2.29. The Morgan fingerprint density at radius 3 is 2.61 bits per heavy atom. The van der Waals surface area contributed by atoms with Crippen LogP contribution < -0.4 is 9.47 Å². The molecular formula is C21H26F2N2O3. The number of carbonyl (C=O) groups is 1. The van der Waals surface area contributed by atoms with Gasteiger partial charge in [0.2, 0.25) is 0 Å². The van der Waals surface area contributed by atoms with Crippen molar-refractivity contribution in [2.24, 2.45) is 0 Å². The van der Waals surface area contributed by atoms with Crippen molar-refractivity contribution in [3.8, 4) is 11.5 Å². The Bertz CT molecular complexity index is 846. The topological polar surface area (TPSA) is 43.7 Å². The molecule has 0 unspecified atom stereocenters. The lowest BCUT2D eigenvalue weighted by atomic mass is 10.1. The molecule has 0 aliphatic heterocycles. The summed E-state index contributed by atoms with van der Waals surface area (Å²) in [6, 6.07) is 6.65. The van der Waals surface area contributed by atoms with E-state index >= 15 is 0 Å². The highest BCUT2D eigenvalue weighted by Gasteiger charge is 2.17. The summed E-state index contributed by atoms with van der Waals surface area (Å²) in [5.41, 5.74) is 3.46. The van der Waals surface area contributed by atoms with Crippen molar-refractivity contribution in [1.29, 1.82) is 0 Å². The van der Waals surface area contributed by atoms with Gasteiger partial charge in [-0.15, -0.1) is 6.58 Å². The zero-order chi connectivity index (χ0) is 20.8. The van der Waals surface area contributed by atoms with Gasteiger partial charge in [-0.05, 0) is 44.7 Å². The van der Waals surface area contributed by atoms with E-state index < -0.39 is 6.61 Å². The molecule has 152 valence electrons. The van der Waals surface area contributed by atoms with E-state index in [1.807, 2.05) is 36.4 Å². The lowest BCUT2D eigenvalue weighted by molar-refractivity contribution is -0.0512. The Morgan fingerprint density at radius 2 is 2.00 bits per heavy atom. The van der Waals surface area contributed by atoms with Gasteiger partial charge in [-0.3, -0.25) is 9.69 Å². The third kappa shape index (κ3) is 5.19. The number of aromatic nitrogens is 1. The molecule has 7 heteroatoms. The molecule has 1 aromatic heterocycles. The molecule has 1 heterocycles. The van der Waals surface area contributed by atoms with Gasteiger partial charge in [0.25, 0.3) is 0 Å². The average Bonchev–Trinajstić information content (AvgIpc) is 2.91. The number of hydrogen-bond acceptors (Lipinski definition) is 4. The predicted molar refractivity (Wildman–Crippen MR) is 104 cm³/mol. The molecule has 5 nitrogen and oxygen atoms in total. The first-order chi connectivity index (χ1) is 13.3. The molecule has 1 aromatic carbocycles. The molecule has 0 bridgehead atoms. The van der Waals surface area contributed by atoms with E-state index in [0.717, 1.165) is 17.0 Å². The van der Waals surface area contributed by atoms with Gasteiger partial charge >= 0.3 is 6.61 Å². The average molecular weight is 392 g/mol. The van der Waals surface area contributed by atoms with Crippen molar-refractivity contribution in [2.75, 3.05) is 20.7 Å². The number of halogens is 2. The number of allylic oxidation sites excluding steroid dienone is 1. The molecule has 0 spiro atoms. The SMILES string of the molecule is C=CCn1c(C)cc(C(=O)CN(C)Cc2ccc(OC(F)F)c(OC)c2)c1C. The number of benzene rings is 1. The quantitative estimate of drug-likeness (QED) is 0.449. The fraction of sp³-hybridized carbons (Fsp3) is 0.381. The lowest BCUT2D eigenvalue weighted by Crippen LogP contribution is -2.26. The highest BCUT2D eigenvalue weighted by molar-refractivity contribution is 5.99. The Kier molecular flexibility index (Phi) is 7.34. The number of carbonyl (C=O) groups excluding carboxylic acids is 1. The maximum absolute atomic E-state index is 12.7. The number of alkyl halides is 2. The van der Waals surface area contributed by atoms with Crippen LogP contribution >= 0.6 is 0 Å². The molecule has 0 radical (unpaired) electrons. The van der Waals surface area contributed by atoms with Crippen molar-refractivity contribution in [2.45, 2.75) is 33.5 Å². The minimum atomic E-state index is -2.92. The minimum Gasteiger partial charge on any atom is -0.493 e. The van der Waals surface area contributed by atoms with Crippen LogP contribution in [-0.2, 0) is 13.1 Å². The van der Waals surface area contributed by atoms with Gasteiger partial charge in [0, 0.05) is 30.0 Å². The van der Waals surface area contributed by atoms with E-state index in [4.69, 9.17) is 4.74 Å². The van der Waals surface area contributed by atoms with E-state index in [1.165, 1.54) is 13.2 Å². The molecule has 0 fully saturated rings. The summed E-state index contributed by atoms with van der Waals surface area (Å²) in [5, 5.41) is 0. The third-order valence-corrected chi connectivity index (χ3v) is 4.50. The number of hydrogen-bond donors (Lipinski definition) is 0. The molecule has 2 aromatic rings. The molecule has 28 heavy (non-hydrogen) atoms. The number of aryl methyl sites for hydroxylation is 1. The summed E-state index contributed by atoms with van der Waals surface area (Å²) in [6.07, 6.45) is 1.80. The van der Waals surface area contributed by atoms with Gasteiger partial charge in [0.1, 0.15) is 0 Å². The maximum atomic E-state index is 12.7. The van der Waals surface area contributed by atoms with Crippen LogP contribution in [0, 0.1) is 13.8 Å². The zero-order valence-electron chi connectivity index (χ0n) is 16.7. The fourth-order valence-electron chi connectivity index (χ4n) is 3.20. The van der Waals surface area contributed by atoms with Crippen molar-refractivity contribution >= 4 is 5.78 Å². The Labute approximate surface area is 164 Å². The molecule has 0 N–H and O–H groups in total. The van der Waals surface area contributed by atoms with Crippen molar-refractivity contribution in [3.05, 3.63) is 59.4 Å². The van der Waals surface area contributed by atoms with Gasteiger partial charge in [-0.1, -0.05) is 12.1 Å². The lowest BCUT2D eigenvalue weighted by Gasteiger charge is -2.17. The summed E-state index contributed by atoms with van der Waals surface area (Å²) in [4.78, 5) is 14.6. The second kappa shape index (κ2) is 9.50. The van der Waals surface area contributed by atoms with Crippen LogP contribution in [0.5, 0.6) is 11.5 Å². The van der Waals surface area contributed by atoms with Crippen molar-refractivity contribution < 1.29 is 23.0 Å². The molecule has 0 saturated carbocycles. The summed E-state index contributed by atoms with van der Waals surface area (Å²) < 4.78 is 36.5. The number of nitrogens with zero attached hydrogens (tertiary/aromatic N) is 2. The van der Waals surface area contributed by atoms with Gasteiger partial charge in [-0.2, -0.15) is 8.78 Å². The van der Waals surface area contributed by atoms with Crippen LogP contribution in [0.25, 0.3) is 0 Å². The Hall–Kier alpha value is -2.67. The Balaban J connectivity index is 2.07. The molecule has 0 atom stereocenters. The molecule has 0 aliphatic rings. The van der Waals surface area contributed by atoms with Gasteiger partial charge in [0.05, 0.1) is 13.7 Å². The van der Waals surface area contributed by atoms with E-state index in [0.29, 0.717) is 18.7 Å². The number of likely N-dealkylation sites (N-methyl/N-ethyl adjacent to an activating group) is 1. The third-order valence-electron chi connectivity index (χ3n) is 4.50. The van der Waals surface area contributed by atoms with Crippen molar-refractivity contribution in [3.63, 3.8) is 0 Å². The summed E-state index contributed by atoms with van der Waals surface area (Å²) in [5.74, 6) is 0.232. The van der Waals surface area contributed by atoms with Crippen LogP contribution in [0.3, 0.4) is 0 Å². The second-order valence-electron chi connectivity index (χ2n) is 6.64. The summed E-state index contributed by atoms with van der Waals surface area (Å²) in [7, 11) is 3.22. The standard InChI is InChI=1S/C21H26F2N2O3/c1-6-9-25-14(2)10-17(15(25)3)18(26)13-24(4)12-16-7-8-19(28-21(22)23)20(11-16)27-5/h6-8,10-11,21H,1,9,12-13H2,2-5H3. The van der Waals surface area contributed by atoms with Crippen LogP contribution in [-0.4, -0.2) is 42.6 Å². The molecule has 0 aliphatic carbocycles. The first kappa shape index (κ1) is 21.6. The molecule has 0 amide bonds. The predicted octanol–water partition coefficient (Wildman–Crippen LogP) is 4.22. The fourth-order valence-corrected chi connectivity index (χ4v) is 3.20. The Morgan fingerprint density at radius 1 is 1.29 bits per heavy atom. The number of ketones is 1. The summed E-state index contributed by atoms with van der Waals surface area (Å²) >= 11 is 0. The van der Waals surface area contributed by atoms with Crippen molar-refractivity contribution in [1.82, 2.24) is 9.47 Å². The monoisotopic (exact) mass is 392 g/mol. The second-order valence-corrected chi connectivity index (χ2v) is 6.64. The van der Waals surface area contributed by atoms with Gasteiger partial charge in [-0.25, -0.2) is 0 Å². The van der Waals surface area contributed by atoms with E-state index in [9.17, 15) is 13.6 Å². The van der Waals surface area contributed by atoms with Crippen LogP contribution in [0.4, 0.5) is 8.78 Å². The number of methoxy groups -OCH3 is 1. The normalized spacial score (nSPS) is 11.1. The maximum Gasteiger partial charge on any atom is 0.387 e. The zero-order valence-corrected chi connectivity index (χ0v) is 16.7. The van der Waals surface area contributed by atoms with Crippen LogP contribution in [0.2, 0.25) is 0 Å². The first-order valence-electron chi connectivity index (χ1n) is 8.87. The molecule has 2 rings (SSSR count). The number of Topliss-reactive ketones (excluding diaryl/α,β-unsaturated/α-hetero) is 1. The largest absolute Gasteiger partial charge is 0.493 e. The first-order valence-corrected chi connectivity index (χ1v) is 8.87. The van der Waals surface area contributed by atoms with E-state index in [2.05, 4.69) is 11.3 Å². The number of rotatable bonds is 10. The number of ether oxygens (including phenoxy) is 2. The minimum absolute atomic E-state index is 0.0189. The molecular weight excluding hydrogens is 366 g/mol. The van der Waals surface area contributed by atoms with Crippen LogP contribution in [0.1, 0.15) is 27.3 Å². The molecule has 0 saturated heterocycles. The smallest absolute Gasteiger partial charge is 0.387 e. The van der Waals surface area contributed by atoms with Gasteiger partial charge < -0.3 is 14.0 Å². The van der Waals surface area contributed by atoms with Crippen LogP contribution in [0.15, 0.2) is 36.9 Å². The van der Waals surface area contributed by atoms with E-state index in [-0.39, 0.29) is 23.8 Å². The highest BCUT2D eigenvalue weighted by atomic mass is 19.3.